The largest absolute Gasteiger partial charge is 0.259 e. The van der Waals surface area contributed by atoms with Crippen molar-refractivity contribution in [3.8, 4) is 0 Å². The molecule has 0 aliphatic carbocycles. The number of aryl methyl sites for hydroxylation is 2. The van der Waals surface area contributed by atoms with Gasteiger partial charge in [-0.2, -0.15) is 0 Å². The van der Waals surface area contributed by atoms with E-state index in [1.165, 1.54) is 17.7 Å². The fourth-order valence-corrected chi connectivity index (χ4v) is 3.30. The van der Waals surface area contributed by atoms with E-state index in [1.807, 2.05) is 32.0 Å². The zero-order chi connectivity index (χ0) is 13.8. The summed E-state index contributed by atoms with van der Waals surface area (Å²) in [4.78, 5) is 0. The molecule has 0 saturated carbocycles. The van der Waals surface area contributed by atoms with Gasteiger partial charge in [-0.05, 0) is 42.7 Å². The molecule has 0 heterocycles. The van der Waals surface area contributed by atoms with E-state index in [4.69, 9.17) is 0 Å². The highest BCUT2D eigenvalue weighted by molar-refractivity contribution is 7.83. The lowest BCUT2D eigenvalue weighted by Gasteiger charge is -2.07. The normalized spacial score (nSPS) is 12.4. The van der Waals surface area contributed by atoms with Crippen molar-refractivity contribution in [3.63, 3.8) is 0 Å². The summed E-state index contributed by atoms with van der Waals surface area (Å²) < 4.78 is 25.2. The van der Waals surface area contributed by atoms with Crippen LogP contribution in [0, 0.1) is 19.7 Å². The summed E-state index contributed by atoms with van der Waals surface area (Å²) in [6.07, 6.45) is 0. The third-order valence-corrected chi connectivity index (χ3v) is 4.33. The quantitative estimate of drug-likeness (QED) is 0.828. The van der Waals surface area contributed by atoms with Crippen molar-refractivity contribution in [2.45, 2.75) is 25.4 Å². The monoisotopic (exact) mass is 276 g/mol. The Morgan fingerprint density at radius 1 is 1.05 bits per heavy atom. The second kappa shape index (κ2) is 6.11. The van der Waals surface area contributed by atoms with E-state index in [1.54, 1.807) is 6.07 Å². The summed E-state index contributed by atoms with van der Waals surface area (Å²) in [6, 6.07) is 12.5. The molecule has 100 valence electrons. The first-order chi connectivity index (χ1) is 9.04. The maximum absolute atomic E-state index is 13.1. The average Bonchev–Trinajstić information content (AvgIpc) is 2.34. The fraction of sp³-hybridized carbons (Fsp3) is 0.250. The molecule has 1 unspecified atom stereocenters. The van der Waals surface area contributed by atoms with Crippen LogP contribution in [-0.2, 0) is 22.3 Å². The lowest BCUT2D eigenvalue weighted by molar-refractivity contribution is 0.626. The van der Waals surface area contributed by atoms with Gasteiger partial charge in [0.05, 0.1) is 0 Å². The van der Waals surface area contributed by atoms with E-state index in [2.05, 4.69) is 6.07 Å². The summed E-state index contributed by atoms with van der Waals surface area (Å²) in [5.41, 5.74) is 4.21. The number of benzene rings is 2. The molecule has 2 aromatic carbocycles. The standard InChI is InChI=1S/C16H17FOS/c1-12-6-7-13(2)15(8-12)11-19(18)10-14-4-3-5-16(17)9-14/h3-9H,10-11H2,1-2H3. The molecule has 0 fully saturated rings. The Hall–Kier alpha value is -1.48. The molecule has 0 saturated heterocycles. The van der Waals surface area contributed by atoms with Gasteiger partial charge in [-0.15, -0.1) is 0 Å². The van der Waals surface area contributed by atoms with Crippen molar-refractivity contribution in [1.29, 1.82) is 0 Å². The highest BCUT2D eigenvalue weighted by Gasteiger charge is 2.06. The van der Waals surface area contributed by atoms with Gasteiger partial charge in [-0.3, -0.25) is 4.21 Å². The third kappa shape index (κ3) is 4.00. The smallest absolute Gasteiger partial charge is 0.123 e. The lowest BCUT2D eigenvalue weighted by Crippen LogP contribution is -2.01. The van der Waals surface area contributed by atoms with Crippen molar-refractivity contribution < 1.29 is 8.60 Å². The Bertz CT molecular complexity index is 607. The highest BCUT2D eigenvalue weighted by atomic mass is 32.2. The summed E-state index contributed by atoms with van der Waals surface area (Å²) in [5, 5.41) is 0. The molecule has 1 nitrogen and oxygen atoms in total. The molecule has 0 bridgehead atoms. The van der Waals surface area contributed by atoms with E-state index in [0.717, 1.165) is 16.7 Å². The highest BCUT2D eigenvalue weighted by Crippen LogP contribution is 2.15. The van der Waals surface area contributed by atoms with Crippen LogP contribution in [0.4, 0.5) is 4.39 Å². The van der Waals surface area contributed by atoms with Crippen LogP contribution in [0.15, 0.2) is 42.5 Å². The predicted octanol–water partition coefficient (Wildman–Crippen LogP) is 3.89. The number of hydrogen-bond donors (Lipinski definition) is 0. The zero-order valence-corrected chi connectivity index (χ0v) is 12.0. The van der Waals surface area contributed by atoms with Crippen molar-refractivity contribution in [2.75, 3.05) is 0 Å². The lowest BCUT2D eigenvalue weighted by atomic mass is 10.1. The maximum atomic E-state index is 13.1. The van der Waals surface area contributed by atoms with Gasteiger partial charge in [-0.1, -0.05) is 35.9 Å². The number of rotatable bonds is 4. The first kappa shape index (κ1) is 13.9. The Morgan fingerprint density at radius 2 is 1.84 bits per heavy atom. The van der Waals surface area contributed by atoms with Gasteiger partial charge in [0.2, 0.25) is 0 Å². The molecular weight excluding hydrogens is 259 g/mol. The van der Waals surface area contributed by atoms with Crippen molar-refractivity contribution in [1.82, 2.24) is 0 Å². The molecular formula is C16H17FOS. The molecule has 19 heavy (non-hydrogen) atoms. The van der Waals surface area contributed by atoms with Crippen LogP contribution in [0.3, 0.4) is 0 Å². The molecule has 2 aromatic rings. The van der Waals surface area contributed by atoms with Gasteiger partial charge in [0, 0.05) is 22.3 Å². The van der Waals surface area contributed by atoms with Crippen molar-refractivity contribution in [2.24, 2.45) is 0 Å². The maximum Gasteiger partial charge on any atom is 0.123 e. The van der Waals surface area contributed by atoms with E-state index >= 15 is 0 Å². The Balaban J connectivity index is 2.07. The molecule has 3 heteroatoms. The van der Waals surface area contributed by atoms with Gasteiger partial charge in [0.15, 0.2) is 0 Å². The first-order valence-corrected chi connectivity index (χ1v) is 7.69. The Labute approximate surface area is 115 Å². The van der Waals surface area contributed by atoms with Gasteiger partial charge in [0.1, 0.15) is 5.82 Å². The van der Waals surface area contributed by atoms with E-state index < -0.39 is 10.8 Å². The van der Waals surface area contributed by atoms with Crippen LogP contribution >= 0.6 is 0 Å². The zero-order valence-electron chi connectivity index (χ0n) is 11.2. The van der Waals surface area contributed by atoms with Crippen molar-refractivity contribution in [3.05, 3.63) is 70.5 Å². The topological polar surface area (TPSA) is 17.1 Å². The summed E-state index contributed by atoms with van der Waals surface area (Å²) >= 11 is 0. The van der Waals surface area contributed by atoms with Crippen LogP contribution in [-0.4, -0.2) is 4.21 Å². The molecule has 0 spiro atoms. The van der Waals surface area contributed by atoms with Gasteiger partial charge in [0.25, 0.3) is 0 Å². The molecule has 2 rings (SSSR count). The summed E-state index contributed by atoms with van der Waals surface area (Å²) in [5.74, 6) is 0.635. The minimum atomic E-state index is -1.02. The second-order valence-electron chi connectivity index (χ2n) is 4.79. The summed E-state index contributed by atoms with van der Waals surface area (Å²) in [7, 11) is -1.02. The van der Waals surface area contributed by atoms with Crippen LogP contribution in [0.5, 0.6) is 0 Å². The molecule has 0 amide bonds. The van der Waals surface area contributed by atoms with Crippen LogP contribution < -0.4 is 0 Å². The van der Waals surface area contributed by atoms with Crippen LogP contribution in [0.1, 0.15) is 22.3 Å². The number of hydrogen-bond acceptors (Lipinski definition) is 1. The molecule has 1 atom stereocenters. The molecule has 0 aliphatic rings. The van der Waals surface area contributed by atoms with Crippen molar-refractivity contribution >= 4 is 10.8 Å². The summed E-state index contributed by atoms with van der Waals surface area (Å²) in [6.45, 7) is 4.05. The van der Waals surface area contributed by atoms with Gasteiger partial charge in [-0.25, -0.2) is 4.39 Å². The average molecular weight is 276 g/mol. The molecule has 0 N–H and O–H groups in total. The number of halogens is 1. The van der Waals surface area contributed by atoms with E-state index in [-0.39, 0.29) is 5.82 Å². The molecule has 0 aliphatic heterocycles. The fourth-order valence-electron chi connectivity index (χ4n) is 1.99. The van der Waals surface area contributed by atoms with Crippen LogP contribution in [0.25, 0.3) is 0 Å². The van der Waals surface area contributed by atoms with Gasteiger partial charge < -0.3 is 0 Å². The predicted molar refractivity (Wildman–Crippen MR) is 77.9 cm³/mol. The SMILES string of the molecule is Cc1ccc(C)c(CS(=O)Cc2cccc(F)c2)c1. The van der Waals surface area contributed by atoms with Gasteiger partial charge >= 0.3 is 0 Å². The molecule has 0 radical (unpaired) electrons. The molecule has 0 aromatic heterocycles. The Kier molecular flexibility index (Phi) is 4.48. The van der Waals surface area contributed by atoms with E-state index in [9.17, 15) is 8.60 Å². The second-order valence-corrected chi connectivity index (χ2v) is 6.25. The van der Waals surface area contributed by atoms with Crippen LogP contribution in [0.2, 0.25) is 0 Å². The minimum Gasteiger partial charge on any atom is -0.259 e. The third-order valence-electron chi connectivity index (χ3n) is 3.04. The first-order valence-electron chi connectivity index (χ1n) is 6.20. The minimum absolute atomic E-state index is 0.277. The van der Waals surface area contributed by atoms with E-state index in [0.29, 0.717) is 11.5 Å². The Morgan fingerprint density at radius 3 is 2.58 bits per heavy atom.